The summed E-state index contributed by atoms with van der Waals surface area (Å²) in [4.78, 5) is 20.1. The van der Waals surface area contributed by atoms with Crippen LogP contribution < -0.4 is 5.32 Å². The van der Waals surface area contributed by atoms with E-state index >= 15 is 0 Å². The van der Waals surface area contributed by atoms with Crippen LogP contribution in [0.15, 0.2) is 77.4 Å². The summed E-state index contributed by atoms with van der Waals surface area (Å²) < 4.78 is 5.18. The van der Waals surface area contributed by atoms with Gasteiger partial charge in [-0.25, -0.2) is 4.98 Å². The van der Waals surface area contributed by atoms with Gasteiger partial charge in [0.2, 0.25) is 5.91 Å². The van der Waals surface area contributed by atoms with E-state index in [0.29, 0.717) is 17.3 Å². The van der Waals surface area contributed by atoms with Crippen LogP contribution in [0.3, 0.4) is 0 Å². The molecule has 5 nitrogen and oxygen atoms in total. The van der Waals surface area contributed by atoms with Crippen LogP contribution in [-0.4, -0.2) is 15.9 Å². The Morgan fingerprint density at radius 3 is 2.72 bits per heavy atom. The Morgan fingerprint density at radius 1 is 1.04 bits per heavy atom. The zero-order chi connectivity index (χ0) is 17.1. The molecule has 4 rings (SSSR count). The lowest BCUT2D eigenvalue weighted by molar-refractivity contribution is -0.111. The lowest BCUT2D eigenvalue weighted by Crippen LogP contribution is -2.08. The topological polar surface area (TPSA) is 70.9 Å². The first-order chi connectivity index (χ1) is 12.3. The predicted molar refractivity (Wildman–Crippen MR) is 97.9 cm³/mol. The highest BCUT2D eigenvalue weighted by Crippen LogP contribution is 2.27. The second kappa shape index (κ2) is 6.49. The van der Waals surface area contributed by atoms with Crippen LogP contribution in [0, 0.1) is 0 Å². The van der Waals surface area contributed by atoms with E-state index in [4.69, 9.17) is 4.42 Å². The van der Waals surface area contributed by atoms with Gasteiger partial charge in [0.15, 0.2) is 0 Å². The van der Waals surface area contributed by atoms with Gasteiger partial charge in [0.1, 0.15) is 11.6 Å². The molecule has 0 fully saturated rings. The second-order valence-electron chi connectivity index (χ2n) is 5.49. The normalized spacial score (nSPS) is 11.2. The van der Waals surface area contributed by atoms with Crippen molar-refractivity contribution in [1.82, 2.24) is 9.97 Å². The summed E-state index contributed by atoms with van der Waals surface area (Å²) in [6.07, 6.45) is 4.63. The quantitative estimate of drug-likeness (QED) is 0.542. The Bertz CT molecular complexity index is 1010. The van der Waals surface area contributed by atoms with Crippen LogP contribution >= 0.6 is 0 Å². The van der Waals surface area contributed by atoms with Crippen molar-refractivity contribution in [2.24, 2.45) is 0 Å². The summed E-state index contributed by atoms with van der Waals surface area (Å²) in [7, 11) is 0. The number of fused-ring (bicyclic) bond motifs is 1. The summed E-state index contributed by atoms with van der Waals surface area (Å²) in [5, 5.41) is 2.89. The van der Waals surface area contributed by atoms with E-state index in [9.17, 15) is 4.79 Å². The number of amides is 1. The van der Waals surface area contributed by atoms with Gasteiger partial charge in [-0.2, -0.15) is 0 Å². The molecule has 0 atom stereocenters. The van der Waals surface area contributed by atoms with Crippen molar-refractivity contribution in [2.75, 3.05) is 5.32 Å². The first-order valence-electron chi connectivity index (χ1n) is 7.86. The average Bonchev–Trinajstić information content (AvgIpc) is 3.30. The van der Waals surface area contributed by atoms with E-state index in [1.165, 1.54) is 6.08 Å². The molecule has 0 aliphatic rings. The third-order valence-corrected chi connectivity index (χ3v) is 3.77. The van der Waals surface area contributed by atoms with Gasteiger partial charge in [0, 0.05) is 11.6 Å². The minimum absolute atomic E-state index is 0.236. The molecule has 4 aromatic rings. The fraction of sp³-hybridized carbons (Fsp3) is 0. The molecule has 122 valence electrons. The number of nitrogens with one attached hydrogen (secondary N) is 2. The molecule has 5 heteroatoms. The number of H-pyrrole nitrogens is 1. The van der Waals surface area contributed by atoms with Crippen molar-refractivity contribution in [3.05, 3.63) is 78.8 Å². The largest absolute Gasteiger partial charge is 0.465 e. The van der Waals surface area contributed by atoms with Crippen LogP contribution in [0.25, 0.3) is 28.5 Å². The minimum Gasteiger partial charge on any atom is -0.465 e. The Hall–Kier alpha value is -3.60. The van der Waals surface area contributed by atoms with Gasteiger partial charge >= 0.3 is 0 Å². The molecule has 0 saturated carbocycles. The average molecular weight is 329 g/mol. The van der Waals surface area contributed by atoms with Gasteiger partial charge in [0.25, 0.3) is 0 Å². The number of carbonyl (C=O) groups excluding carboxylic acids is 1. The molecule has 2 N–H and O–H groups in total. The Morgan fingerprint density at radius 2 is 1.88 bits per heavy atom. The molecule has 0 spiro atoms. The van der Waals surface area contributed by atoms with E-state index < -0.39 is 0 Å². The highest BCUT2D eigenvalue weighted by Gasteiger charge is 2.10. The van der Waals surface area contributed by atoms with Gasteiger partial charge in [-0.15, -0.1) is 0 Å². The summed E-state index contributed by atoms with van der Waals surface area (Å²) in [5.74, 6) is 1.10. The van der Waals surface area contributed by atoms with Crippen molar-refractivity contribution < 1.29 is 9.21 Å². The number of aromatic nitrogens is 2. The van der Waals surface area contributed by atoms with Crippen molar-refractivity contribution in [1.29, 1.82) is 0 Å². The number of anilines is 1. The van der Waals surface area contributed by atoms with E-state index in [-0.39, 0.29) is 5.91 Å². The van der Waals surface area contributed by atoms with Gasteiger partial charge in [0.05, 0.1) is 23.0 Å². The maximum Gasteiger partial charge on any atom is 0.248 e. The monoisotopic (exact) mass is 329 g/mol. The number of hydrogen-bond donors (Lipinski definition) is 2. The van der Waals surface area contributed by atoms with Gasteiger partial charge < -0.3 is 14.7 Å². The summed E-state index contributed by atoms with van der Waals surface area (Å²) in [6, 6.07) is 18.9. The SMILES string of the molecule is O=C(/C=C/c1ccco1)Nc1ccccc1-c1nc2ccccc2[nH]1. The number of imidazole rings is 1. The number of rotatable bonds is 4. The number of para-hydroxylation sites is 3. The zero-order valence-electron chi connectivity index (χ0n) is 13.3. The number of nitrogens with zero attached hydrogens (tertiary/aromatic N) is 1. The number of aromatic amines is 1. The van der Waals surface area contributed by atoms with Crippen LogP contribution in [-0.2, 0) is 4.79 Å². The lowest BCUT2D eigenvalue weighted by Gasteiger charge is -2.07. The van der Waals surface area contributed by atoms with Crippen LogP contribution in [0.1, 0.15) is 5.76 Å². The van der Waals surface area contributed by atoms with E-state index in [1.807, 2.05) is 48.5 Å². The minimum atomic E-state index is -0.236. The molecule has 0 saturated heterocycles. The van der Waals surface area contributed by atoms with Crippen LogP contribution in [0.5, 0.6) is 0 Å². The third-order valence-electron chi connectivity index (χ3n) is 3.77. The fourth-order valence-corrected chi connectivity index (χ4v) is 2.60. The molecule has 0 unspecified atom stereocenters. The Balaban J connectivity index is 1.61. The molecule has 0 aliphatic carbocycles. The lowest BCUT2D eigenvalue weighted by atomic mass is 10.1. The van der Waals surface area contributed by atoms with Crippen molar-refractivity contribution in [2.45, 2.75) is 0 Å². The molecular weight excluding hydrogens is 314 g/mol. The predicted octanol–water partition coefficient (Wildman–Crippen LogP) is 4.47. The van der Waals surface area contributed by atoms with Crippen LogP contribution in [0.4, 0.5) is 5.69 Å². The summed E-state index contributed by atoms with van der Waals surface area (Å²) in [5.41, 5.74) is 3.36. The van der Waals surface area contributed by atoms with Gasteiger partial charge in [-0.05, 0) is 42.5 Å². The van der Waals surface area contributed by atoms with Gasteiger partial charge in [-0.3, -0.25) is 4.79 Å². The first kappa shape index (κ1) is 15.0. The van der Waals surface area contributed by atoms with E-state index in [2.05, 4.69) is 15.3 Å². The Kier molecular flexibility index (Phi) is 3.88. The second-order valence-corrected chi connectivity index (χ2v) is 5.49. The Labute approximate surface area is 144 Å². The molecular formula is C20H15N3O2. The summed E-state index contributed by atoms with van der Waals surface area (Å²) in [6.45, 7) is 0. The number of furan rings is 1. The molecule has 1 amide bonds. The smallest absolute Gasteiger partial charge is 0.248 e. The molecule has 0 aliphatic heterocycles. The van der Waals surface area contributed by atoms with Crippen molar-refractivity contribution in [3.8, 4) is 11.4 Å². The molecule has 0 radical (unpaired) electrons. The molecule has 2 aromatic heterocycles. The van der Waals surface area contributed by atoms with Crippen molar-refractivity contribution >= 4 is 28.7 Å². The van der Waals surface area contributed by atoms with Gasteiger partial charge in [-0.1, -0.05) is 24.3 Å². The highest BCUT2D eigenvalue weighted by atomic mass is 16.3. The maximum atomic E-state index is 12.2. The number of carbonyl (C=O) groups is 1. The number of hydrogen-bond acceptors (Lipinski definition) is 3. The number of benzene rings is 2. The van der Waals surface area contributed by atoms with E-state index in [0.717, 1.165) is 16.6 Å². The highest BCUT2D eigenvalue weighted by molar-refractivity contribution is 6.04. The molecule has 0 bridgehead atoms. The zero-order valence-corrected chi connectivity index (χ0v) is 13.3. The third kappa shape index (κ3) is 3.21. The molecule has 2 aromatic carbocycles. The summed E-state index contributed by atoms with van der Waals surface area (Å²) >= 11 is 0. The van der Waals surface area contributed by atoms with Crippen molar-refractivity contribution in [3.63, 3.8) is 0 Å². The molecule has 2 heterocycles. The maximum absolute atomic E-state index is 12.2. The first-order valence-corrected chi connectivity index (χ1v) is 7.86. The fourth-order valence-electron chi connectivity index (χ4n) is 2.60. The van der Waals surface area contributed by atoms with E-state index in [1.54, 1.807) is 24.5 Å². The molecule has 25 heavy (non-hydrogen) atoms. The standard InChI is InChI=1S/C20H15N3O2/c24-19(12-11-14-6-5-13-25-14)21-16-8-2-1-7-15(16)20-22-17-9-3-4-10-18(17)23-20/h1-13H,(H,21,24)(H,22,23)/b12-11+. The van der Waals surface area contributed by atoms with Crippen LogP contribution in [0.2, 0.25) is 0 Å².